The second-order valence-corrected chi connectivity index (χ2v) is 10.8. The van der Waals surface area contributed by atoms with Gasteiger partial charge in [0.05, 0.1) is 16.6 Å². The number of benzene rings is 3. The van der Waals surface area contributed by atoms with Gasteiger partial charge in [-0.15, -0.1) is 0 Å². The molecule has 0 N–H and O–H groups in total. The Bertz CT molecular complexity index is 1670. The molecule has 7 rings (SSSR count). The van der Waals surface area contributed by atoms with Gasteiger partial charge in [0.15, 0.2) is 0 Å². The first-order valence-corrected chi connectivity index (χ1v) is 13.5. The van der Waals surface area contributed by atoms with E-state index >= 15 is 0 Å². The highest BCUT2D eigenvalue weighted by Crippen LogP contribution is 2.36. The number of hydrogen-bond acceptors (Lipinski definition) is 3. The smallest absolute Gasteiger partial charge is 0.253 e. The molecule has 0 atom stereocenters. The highest BCUT2D eigenvalue weighted by molar-refractivity contribution is 6.01. The van der Waals surface area contributed by atoms with E-state index in [1.807, 2.05) is 36.2 Å². The van der Waals surface area contributed by atoms with Gasteiger partial charge in [-0.2, -0.15) is 5.10 Å². The Kier molecular flexibility index (Phi) is 5.53. The second kappa shape index (κ2) is 9.08. The minimum atomic E-state index is -0.292. The van der Waals surface area contributed by atoms with Gasteiger partial charge >= 0.3 is 0 Å². The fourth-order valence-corrected chi connectivity index (χ4v) is 5.92. The Morgan fingerprint density at radius 2 is 1.76 bits per heavy atom. The molecule has 2 aliphatic rings. The summed E-state index contributed by atoms with van der Waals surface area (Å²) < 4.78 is 18.0. The van der Waals surface area contributed by atoms with Crippen molar-refractivity contribution in [3.05, 3.63) is 83.9 Å². The van der Waals surface area contributed by atoms with Crippen LogP contribution < -0.4 is 0 Å². The number of halogens is 1. The van der Waals surface area contributed by atoms with E-state index in [0.29, 0.717) is 24.6 Å². The molecule has 7 heteroatoms. The molecule has 0 radical (unpaired) electrons. The fraction of sp³-hybridized carbons (Fsp3) is 0.323. The van der Waals surface area contributed by atoms with Gasteiger partial charge in [-0.05, 0) is 74.1 Å². The van der Waals surface area contributed by atoms with Crippen molar-refractivity contribution in [2.75, 3.05) is 13.1 Å². The van der Waals surface area contributed by atoms with Crippen LogP contribution in [0.2, 0.25) is 0 Å². The number of imidazole rings is 1. The molecule has 3 heterocycles. The summed E-state index contributed by atoms with van der Waals surface area (Å²) in [6.07, 6.45) is 4.45. The molecule has 0 spiro atoms. The number of likely N-dealkylation sites (tertiary alicyclic amines) is 1. The van der Waals surface area contributed by atoms with Crippen molar-refractivity contribution in [2.45, 2.75) is 38.1 Å². The number of carbonyl (C=O) groups is 1. The average molecular weight is 508 g/mol. The lowest BCUT2D eigenvalue weighted by atomic mass is 9.95. The number of hydrogen-bond donors (Lipinski definition) is 0. The summed E-state index contributed by atoms with van der Waals surface area (Å²) in [5.41, 5.74) is 5.27. The van der Waals surface area contributed by atoms with Crippen molar-refractivity contribution in [3.8, 4) is 11.3 Å². The van der Waals surface area contributed by atoms with Crippen molar-refractivity contribution < 1.29 is 9.18 Å². The molecular formula is C31H30FN5O. The van der Waals surface area contributed by atoms with Crippen molar-refractivity contribution >= 4 is 27.8 Å². The first kappa shape index (κ1) is 23.1. The van der Waals surface area contributed by atoms with Crippen LogP contribution in [0.25, 0.3) is 33.2 Å². The normalized spacial score (nSPS) is 16.5. The van der Waals surface area contributed by atoms with Crippen LogP contribution in [0, 0.1) is 11.7 Å². The van der Waals surface area contributed by atoms with Crippen molar-refractivity contribution in [2.24, 2.45) is 13.0 Å². The molecule has 1 aliphatic carbocycles. The molecule has 5 aromatic rings. The van der Waals surface area contributed by atoms with Crippen LogP contribution in [-0.2, 0) is 13.6 Å². The van der Waals surface area contributed by atoms with Crippen molar-refractivity contribution in [1.29, 1.82) is 0 Å². The monoisotopic (exact) mass is 507 g/mol. The van der Waals surface area contributed by atoms with E-state index in [9.17, 15) is 9.18 Å². The quantitative estimate of drug-likeness (QED) is 0.286. The molecular weight excluding hydrogens is 477 g/mol. The Labute approximate surface area is 220 Å². The van der Waals surface area contributed by atoms with Gasteiger partial charge in [-0.1, -0.05) is 24.3 Å². The first-order chi connectivity index (χ1) is 18.5. The van der Waals surface area contributed by atoms with Gasteiger partial charge in [0, 0.05) is 49.1 Å². The molecule has 1 saturated carbocycles. The topological polar surface area (TPSA) is 56.0 Å². The first-order valence-electron chi connectivity index (χ1n) is 13.5. The van der Waals surface area contributed by atoms with E-state index in [4.69, 9.17) is 4.98 Å². The predicted molar refractivity (Wildman–Crippen MR) is 146 cm³/mol. The number of para-hydroxylation sites is 2. The Morgan fingerprint density at radius 1 is 0.947 bits per heavy atom. The second-order valence-electron chi connectivity index (χ2n) is 10.8. The summed E-state index contributed by atoms with van der Waals surface area (Å²) in [7, 11) is 1.86. The maximum atomic E-state index is 13.8. The predicted octanol–water partition coefficient (Wildman–Crippen LogP) is 6.16. The van der Waals surface area contributed by atoms with Gasteiger partial charge in [-0.25, -0.2) is 9.37 Å². The molecule has 1 saturated heterocycles. The number of piperidine rings is 1. The lowest BCUT2D eigenvalue weighted by Crippen LogP contribution is -2.38. The third-order valence-electron chi connectivity index (χ3n) is 8.17. The highest BCUT2D eigenvalue weighted by atomic mass is 19.1. The number of carbonyl (C=O) groups excluding carboxylic acids is 1. The maximum Gasteiger partial charge on any atom is 0.253 e. The van der Waals surface area contributed by atoms with E-state index in [2.05, 4.69) is 33.9 Å². The number of rotatable bonds is 5. The molecule has 0 unspecified atom stereocenters. The van der Waals surface area contributed by atoms with Crippen LogP contribution in [0.4, 0.5) is 4.39 Å². The van der Waals surface area contributed by atoms with E-state index in [1.54, 1.807) is 10.7 Å². The Hall–Kier alpha value is -4.00. The zero-order chi connectivity index (χ0) is 25.8. The molecule has 38 heavy (non-hydrogen) atoms. The molecule has 3 aromatic carbocycles. The number of aryl methyl sites for hydroxylation is 1. The van der Waals surface area contributed by atoms with Gasteiger partial charge in [-0.3, -0.25) is 9.48 Å². The molecule has 1 aliphatic heterocycles. The van der Waals surface area contributed by atoms with Gasteiger partial charge in [0.2, 0.25) is 0 Å². The average Bonchev–Trinajstić information content (AvgIpc) is 3.61. The van der Waals surface area contributed by atoms with Gasteiger partial charge < -0.3 is 9.47 Å². The SMILES string of the molecule is Cn1nc(-c2cccc(F)c2)c2ccc(C(=O)N3CCC(c4nc5ccccc5n4CC4CC4)CC3)cc21. The molecule has 1 amide bonds. The summed E-state index contributed by atoms with van der Waals surface area (Å²) in [5.74, 6) is 2.08. The third kappa shape index (κ3) is 4.06. The van der Waals surface area contributed by atoms with Crippen LogP contribution in [0.15, 0.2) is 66.7 Å². The fourth-order valence-electron chi connectivity index (χ4n) is 5.92. The zero-order valence-corrected chi connectivity index (χ0v) is 21.5. The summed E-state index contributed by atoms with van der Waals surface area (Å²) in [4.78, 5) is 20.5. The van der Waals surface area contributed by atoms with Crippen molar-refractivity contribution in [3.63, 3.8) is 0 Å². The Balaban J connectivity index is 1.11. The highest BCUT2D eigenvalue weighted by Gasteiger charge is 2.30. The number of amides is 1. The summed E-state index contributed by atoms with van der Waals surface area (Å²) >= 11 is 0. The Morgan fingerprint density at radius 3 is 2.55 bits per heavy atom. The van der Waals surface area contributed by atoms with Crippen LogP contribution in [-0.4, -0.2) is 43.2 Å². The summed E-state index contributed by atoms with van der Waals surface area (Å²) in [6, 6.07) is 20.6. The molecule has 2 aromatic heterocycles. The summed E-state index contributed by atoms with van der Waals surface area (Å²) in [6.45, 7) is 2.49. The van der Waals surface area contributed by atoms with Crippen LogP contribution in [0.1, 0.15) is 47.8 Å². The third-order valence-corrected chi connectivity index (χ3v) is 8.17. The number of fused-ring (bicyclic) bond motifs is 2. The standard InChI is InChI=1S/C31H30FN5O/c1-35-28-18-23(11-12-25(28)29(34-35)22-5-4-6-24(32)17-22)31(38)36-15-13-21(14-16-36)30-33-26-7-2-3-8-27(26)37(30)19-20-9-10-20/h2-8,11-12,17-18,20-21H,9-10,13-16,19H2,1H3. The van der Waals surface area contributed by atoms with Gasteiger partial charge in [0.1, 0.15) is 17.3 Å². The number of aromatic nitrogens is 4. The van der Waals surface area contributed by atoms with Gasteiger partial charge in [0.25, 0.3) is 5.91 Å². The van der Waals surface area contributed by atoms with Crippen LogP contribution in [0.3, 0.4) is 0 Å². The maximum absolute atomic E-state index is 13.8. The lowest BCUT2D eigenvalue weighted by Gasteiger charge is -2.32. The minimum Gasteiger partial charge on any atom is -0.339 e. The number of nitrogens with zero attached hydrogens (tertiary/aromatic N) is 5. The molecule has 6 nitrogen and oxygen atoms in total. The minimum absolute atomic E-state index is 0.0466. The molecule has 192 valence electrons. The van der Waals surface area contributed by atoms with E-state index in [-0.39, 0.29) is 11.7 Å². The molecule has 2 fully saturated rings. The summed E-state index contributed by atoms with van der Waals surface area (Å²) in [5, 5.41) is 5.53. The van der Waals surface area contributed by atoms with E-state index < -0.39 is 0 Å². The van der Waals surface area contributed by atoms with Crippen LogP contribution >= 0.6 is 0 Å². The van der Waals surface area contributed by atoms with E-state index in [0.717, 1.165) is 53.0 Å². The lowest BCUT2D eigenvalue weighted by molar-refractivity contribution is 0.0710. The van der Waals surface area contributed by atoms with Crippen molar-refractivity contribution in [1.82, 2.24) is 24.2 Å². The zero-order valence-electron chi connectivity index (χ0n) is 21.5. The molecule has 0 bridgehead atoms. The van der Waals surface area contributed by atoms with E-state index in [1.165, 1.54) is 36.3 Å². The van der Waals surface area contributed by atoms with Crippen LogP contribution in [0.5, 0.6) is 0 Å². The largest absolute Gasteiger partial charge is 0.339 e.